The van der Waals surface area contributed by atoms with E-state index in [-0.39, 0.29) is 5.91 Å². The van der Waals surface area contributed by atoms with Crippen LogP contribution in [0.5, 0.6) is 0 Å². The molecule has 0 radical (unpaired) electrons. The van der Waals surface area contributed by atoms with Crippen molar-refractivity contribution in [3.8, 4) is 5.69 Å². The van der Waals surface area contributed by atoms with Crippen molar-refractivity contribution in [3.05, 3.63) is 83.2 Å². The van der Waals surface area contributed by atoms with E-state index in [1.807, 2.05) is 23.1 Å². The van der Waals surface area contributed by atoms with E-state index >= 15 is 0 Å². The number of fused-ring (bicyclic) bond motifs is 1. The summed E-state index contributed by atoms with van der Waals surface area (Å²) in [5.74, 6) is 0.805. The van der Waals surface area contributed by atoms with Crippen LogP contribution in [-0.4, -0.2) is 57.7 Å². The van der Waals surface area contributed by atoms with Crippen molar-refractivity contribution in [1.82, 2.24) is 24.9 Å². The van der Waals surface area contributed by atoms with Crippen molar-refractivity contribution in [2.24, 2.45) is 0 Å². The molecule has 2 saturated heterocycles. The Kier molecular flexibility index (Phi) is 5.93. The number of piperidine rings is 2. The molecule has 2 aromatic carbocycles. The quantitative estimate of drug-likeness (QED) is 0.633. The summed E-state index contributed by atoms with van der Waals surface area (Å²) in [5, 5.41) is 7.81. The first-order chi connectivity index (χ1) is 16.7. The Morgan fingerprint density at radius 1 is 1.03 bits per heavy atom. The van der Waals surface area contributed by atoms with Crippen LogP contribution in [0.2, 0.25) is 0 Å². The van der Waals surface area contributed by atoms with Crippen LogP contribution in [0, 0.1) is 0 Å². The monoisotopic (exact) mass is 455 g/mol. The van der Waals surface area contributed by atoms with E-state index in [2.05, 4.69) is 62.7 Å². The third-order valence-corrected chi connectivity index (χ3v) is 7.82. The highest BCUT2D eigenvalue weighted by Gasteiger charge is 2.34. The number of hydrogen-bond acceptors (Lipinski definition) is 4. The second-order valence-electron chi connectivity index (χ2n) is 10.0. The average Bonchev–Trinajstić information content (AvgIpc) is 3.54. The van der Waals surface area contributed by atoms with Gasteiger partial charge < -0.3 is 10.2 Å². The van der Waals surface area contributed by atoms with Gasteiger partial charge in [0.25, 0.3) is 5.91 Å². The smallest absolute Gasteiger partial charge is 0.254 e. The molecule has 0 bridgehead atoms. The number of carbonyl (C=O) groups is 1. The van der Waals surface area contributed by atoms with Gasteiger partial charge in [0, 0.05) is 43.6 Å². The molecule has 1 aromatic heterocycles. The molecule has 3 aromatic rings. The number of aromatic nitrogens is 2. The van der Waals surface area contributed by atoms with Crippen LogP contribution in [0.15, 0.2) is 60.9 Å². The van der Waals surface area contributed by atoms with E-state index in [0.717, 1.165) is 63.4 Å². The van der Waals surface area contributed by atoms with Crippen LogP contribution in [-0.2, 0) is 13.1 Å². The Morgan fingerprint density at radius 3 is 2.74 bits per heavy atom. The minimum atomic E-state index is 0.224. The van der Waals surface area contributed by atoms with Gasteiger partial charge >= 0.3 is 0 Å². The Balaban J connectivity index is 1.08. The summed E-state index contributed by atoms with van der Waals surface area (Å²) in [6, 6.07) is 17.6. The van der Waals surface area contributed by atoms with Gasteiger partial charge in [-0.2, -0.15) is 5.10 Å². The molecule has 4 heterocycles. The second kappa shape index (κ2) is 9.35. The summed E-state index contributed by atoms with van der Waals surface area (Å²) in [6.45, 7) is 5.96. The lowest BCUT2D eigenvalue weighted by Crippen LogP contribution is -2.46. The van der Waals surface area contributed by atoms with Crippen LogP contribution in [0.25, 0.3) is 5.69 Å². The fourth-order valence-electron chi connectivity index (χ4n) is 5.91. The number of carbonyl (C=O) groups excluding carboxylic acids is 1. The van der Waals surface area contributed by atoms with E-state index in [1.165, 1.54) is 29.5 Å². The minimum absolute atomic E-state index is 0.224. The summed E-state index contributed by atoms with van der Waals surface area (Å²) in [4.78, 5) is 17.6. The zero-order valence-electron chi connectivity index (χ0n) is 19.7. The maximum atomic E-state index is 13.0. The van der Waals surface area contributed by atoms with Gasteiger partial charge in [0.15, 0.2) is 0 Å². The number of nitrogens with one attached hydrogen (secondary N) is 1. The summed E-state index contributed by atoms with van der Waals surface area (Å²) in [6.07, 6.45) is 8.41. The average molecular weight is 456 g/mol. The molecular formula is C28H33N5O. The minimum Gasteiger partial charge on any atom is -0.330 e. The number of hydrogen-bond donors (Lipinski definition) is 1. The highest BCUT2D eigenvalue weighted by Crippen LogP contribution is 2.33. The van der Waals surface area contributed by atoms with Gasteiger partial charge in [-0.3, -0.25) is 9.69 Å². The molecule has 3 aliphatic rings. The summed E-state index contributed by atoms with van der Waals surface area (Å²) in [7, 11) is 0. The number of amides is 1. The van der Waals surface area contributed by atoms with Crippen molar-refractivity contribution in [3.63, 3.8) is 0 Å². The van der Waals surface area contributed by atoms with Gasteiger partial charge in [-0.25, -0.2) is 4.68 Å². The molecule has 34 heavy (non-hydrogen) atoms. The normalized spacial score (nSPS) is 21.7. The third-order valence-electron chi connectivity index (χ3n) is 7.82. The van der Waals surface area contributed by atoms with Crippen molar-refractivity contribution in [1.29, 1.82) is 0 Å². The van der Waals surface area contributed by atoms with Crippen LogP contribution < -0.4 is 5.32 Å². The Bertz CT molecular complexity index is 1140. The number of nitrogens with zero attached hydrogens (tertiary/aromatic N) is 4. The van der Waals surface area contributed by atoms with Gasteiger partial charge in [-0.15, -0.1) is 0 Å². The van der Waals surface area contributed by atoms with Crippen LogP contribution in [0.3, 0.4) is 0 Å². The van der Waals surface area contributed by atoms with Crippen molar-refractivity contribution < 1.29 is 4.79 Å². The highest BCUT2D eigenvalue weighted by atomic mass is 16.2. The zero-order chi connectivity index (χ0) is 22.9. The number of benzene rings is 2. The molecule has 1 unspecified atom stereocenters. The molecule has 0 aliphatic carbocycles. The molecule has 176 valence electrons. The van der Waals surface area contributed by atoms with E-state index in [9.17, 15) is 4.79 Å². The van der Waals surface area contributed by atoms with Crippen LogP contribution in [0.1, 0.15) is 58.6 Å². The van der Waals surface area contributed by atoms with Gasteiger partial charge in [0.05, 0.1) is 5.69 Å². The van der Waals surface area contributed by atoms with E-state index < -0.39 is 0 Å². The van der Waals surface area contributed by atoms with Crippen molar-refractivity contribution >= 4 is 5.91 Å². The Hall–Kier alpha value is -2.96. The molecule has 1 atom stereocenters. The first kappa shape index (κ1) is 21.6. The second-order valence-corrected chi connectivity index (χ2v) is 10.0. The van der Waals surface area contributed by atoms with Crippen LogP contribution >= 0.6 is 0 Å². The summed E-state index contributed by atoms with van der Waals surface area (Å²) in [5.41, 5.74) is 6.01. The molecule has 6 nitrogen and oxygen atoms in total. The molecule has 0 spiro atoms. The van der Waals surface area contributed by atoms with E-state index in [4.69, 9.17) is 0 Å². The lowest BCUT2D eigenvalue weighted by Gasteiger charge is -2.32. The van der Waals surface area contributed by atoms with Crippen molar-refractivity contribution in [2.45, 2.75) is 50.7 Å². The van der Waals surface area contributed by atoms with Gasteiger partial charge in [0.1, 0.15) is 0 Å². The predicted molar refractivity (Wildman–Crippen MR) is 133 cm³/mol. The van der Waals surface area contributed by atoms with E-state index in [0.29, 0.717) is 12.0 Å². The molecule has 6 heteroatoms. The van der Waals surface area contributed by atoms with Gasteiger partial charge in [-0.05, 0) is 92.2 Å². The summed E-state index contributed by atoms with van der Waals surface area (Å²) >= 11 is 0. The molecule has 3 aliphatic heterocycles. The van der Waals surface area contributed by atoms with Gasteiger partial charge in [-0.1, -0.05) is 24.3 Å². The Labute approximate surface area is 201 Å². The van der Waals surface area contributed by atoms with Crippen LogP contribution in [0.4, 0.5) is 0 Å². The van der Waals surface area contributed by atoms with E-state index in [1.54, 1.807) is 0 Å². The topological polar surface area (TPSA) is 53.4 Å². The fraction of sp³-hybridized carbons (Fsp3) is 0.429. The largest absolute Gasteiger partial charge is 0.330 e. The maximum absolute atomic E-state index is 13.0. The molecule has 2 fully saturated rings. The standard InChI is InChI=1S/C28H33N5O/c34-28-27-8-7-23(17-24(27)20-32(28)26-6-2-11-29-18-26)22-9-14-31(15-10-22)19-21-4-1-5-25(16-21)33-13-3-12-30-33/h1,3-5,7-8,12-13,16-17,22,26,29H,2,6,9-11,14-15,18-20H2. The number of likely N-dealkylation sites (tertiary alicyclic amines) is 1. The predicted octanol–water partition coefficient (Wildman–Crippen LogP) is 3.96. The first-order valence-corrected chi connectivity index (χ1v) is 12.7. The molecule has 1 N–H and O–H groups in total. The Morgan fingerprint density at radius 2 is 1.94 bits per heavy atom. The molecule has 0 saturated carbocycles. The molecule has 6 rings (SSSR count). The third kappa shape index (κ3) is 4.28. The highest BCUT2D eigenvalue weighted by molar-refractivity contribution is 5.98. The zero-order valence-corrected chi connectivity index (χ0v) is 19.7. The molecular weight excluding hydrogens is 422 g/mol. The SMILES string of the molecule is O=C1c2ccc(C3CCN(Cc4cccc(-n5cccn5)c4)CC3)cc2CN1C1CCCNC1. The number of rotatable bonds is 5. The molecule has 1 amide bonds. The lowest BCUT2D eigenvalue weighted by molar-refractivity contribution is 0.0674. The first-order valence-electron chi connectivity index (χ1n) is 12.7. The summed E-state index contributed by atoms with van der Waals surface area (Å²) < 4.78 is 1.92. The van der Waals surface area contributed by atoms with Crippen molar-refractivity contribution in [2.75, 3.05) is 26.2 Å². The lowest BCUT2D eigenvalue weighted by atomic mass is 9.87. The maximum Gasteiger partial charge on any atom is 0.254 e. The van der Waals surface area contributed by atoms with Gasteiger partial charge in [0.2, 0.25) is 0 Å². The fourth-order valence-corrected chi connectivity index (χ4v) is 5.91.